The van der Waals surface area contributed by atoms with Gasteiger partial charge in [-0.05, 0) is 71.2 Å². The van der Waals surface area contributed by atoms with Crippen LogP contribution in [0.25, 0.3) is 5.69 Å². The van der Waals surface area contributed by atoms with Crippen molar-refractivity contribution in [2.24, 2.45) is 0 Å². The quantitative estimate of drug-likeness (QED) is 0.470. The van der Waals surface area contributed by atoms with Crippen LogP contribution < -0.4 is 20.7 Å². The highest BCUT2D eigenvalue weighted by Crippen LogP contribution is 2.34. The maximum Gasteiger partial charge on any atom is 0.422 e. The van der Waals surface area contributed by atoms with Gasteiger partial charge in [-0.15, -0.1) is 0 Å². The number of hydrogen-bond donors (Lipinski definition) is 1. The van der Waals surface area contributed by atoms with Gasteiger partial charge in [-0.3, -0.25) is 9.78 Å². The summed E-state index contributed by atoms with van der Waals surface area (Å²) in [7, 11) is 1.53. The fraction of sp³-hybridized carbons (Fsp3) is 0.238. The van der Waals surface area contributed by atoms with Crippen molar-refractivity contribution in [3.05, 3.63) is 72.5 Å². The first-order valence-corrected chi connectivity index (χ1v) is 10.3. The molecule has 3 aromatic rings. The summed E-state index contributed by atoms with van der Waals surface area (Å²) in [6, 6.07) is 8.11. The zero-order valence-corrected chi connectivity index (χ0v) is 19.5. The van der Waals surface area contributed by atoms with Crippen LogP contribution >= 0.6 is 15.9 Å². The average molecular weight is 544 g/mol. The number of carbonyl (C=O) groups excluding carboxylic acids is 1. The minimum Gasteiger partial charge on any atom is -0.496 e. The fourth-order valence-corrected chi connectivity index (χ4v) is 3.48. The van der Waals surface area contributed by atoms with Gasteiger partial charge in [0.05, 0.1) is 17.3 Å². The van der Waals surface area contributed by atoms with E-state index in [1.165, 1.54) is 19.2 Å². The summed E-state index contributed by atoms with van der Waals surface area (Å²) in [5.74, 6) is -0.0289. The lowest BCUT2D eigenvalue weighted by atomic mass is 10.1. The summed E-state index contributed by atoms with van der Waals surface area (Å²) < 4.78 is 53.5. The first-order chi connectivity index (χ1) is 15.9. The van der Waals surface area contributed by atoms with Crippen LogP contribution in [-0.2, 0) is 4.74 Å². The SMILES string of the molecule is COc1ccc(Oc2c(C)cc(-n3nc(C(=O)OCC(F)(F)F)c(=O)[nH]c3=O)cc2C)cc1Br. The van der Waals surface area contributed by atoms with Gasteiger partial charge in [-0.25, -0.2) is 9.59 Å². The Labute approximate surface area is 198 Å². The molecule has 0 aliphatic carbocycles. The standard InChI is InChI=1S/C21H17BrF3N3O6/c1-10-6-12(7-11(2)17(10)34-13-4-5-15(32-3)14(22)8-13)28-20(31)26-18(29)16(27-28)19(30)33-9-21(23,24)25/h4-8H,9H2,1-3H3,(H,26,29,31). The Morgan fingerprint density at radius 3 is 2.35 bits per heavy atom. The second-order valence-corrected chi connectivity index (χ2v) is 7.87. The number of esters is 1. The van der Waals surface area contributed by atoms with Crippen LogP contribution in [0.3, 0.4) is 0 Å². The van der Waals surface area contributed by atoms with E-state index in [-0.39, 0.29) is 5.69 Å². The predicted molar refractivity (Wildman–Crippen MR) is 117 cm³/mol. The molecule has 0 aliphatic rings. The number of carbonyl (C=O) groups is 1. The molecule has 34 heavy (non-hydrogen) atoms. The number of halogens is 4. The third kappa shape index (κ3) is 5.65. The van der Waals surface area contributed by atoms with Crippen molar-refractivity contribution >= 4 is 21.9 Å². The van der Waals surface area contributed by atoms with E-state index in [0.29, 0.717) is 37.5 Å². The summed E-state index contributed by atoms with van der Waals surface area (Å²) in [6.45, 7) is 1.48. The molecule has 0 spiro atoms. The van der Waals surface area contributed by atoms with Crippen LogP contribution in [0.15, 0.2) is 44.4 Å². The topological polar surface area (TPSA) is 113 Å². The van der Waals surface area contributed by atoms with E-state index >= 15 is 0 Å². The van der Waals surface area contributed by atoms with Gasteiger partial charge in [-0.2, -0.15) is 23.0 Å². The number of benzene rings is 2. The number of aromatic amines is 1. The van der Waals surface area contributed by atoms with Gasteiger partial charge >= 0.3 is 17.8 Å². The van der Waals surface area contributed by atoms with E-state index in [1.54, 1.807) is 32.0 Å². The van der Waals surface area contributed by atoms with Gasteiger partial charge in [0.15, 0.2) is 6.61 Å². The number of ether oxygens (including phenoxy) is 3. The monoisotopic (exact) mass is 543 g/mol. The number of aromatic nitrogens is 3. The second kappa shape index (κ2) is 9.71. The third-order valence-corrected chi connectivity index (χ3v) is 5.04. The van der Waals surface area contributed by atoms with Crippen LogP contribution in [0.5, 0.6) is 17.2 Å². The summed E-state index contributed by atoms with van der Waals surface area (Å²) in [4.78, 5) is 38.0. The molecule has 0 bridgehead atoms. The molecule has 0 fully saturated rings. The van der Waals surface area contributed by atoms with Gasteiger partial charge in [0.25, 0.3) is 5.56 Å². The largest absolute Gasteiger partial charge is 0.496 e. The van der Waals surface area contributed by atoms with Gasteiger partial charge in [0.2, 0.25) is 5.69 Å². The van der Waals surface area contributed by atoms with E-state index in [2.05, 4.69) is 25.8 Å². The molecule has 9 nitrogen and oxygen atoms in total. The highest BCUT2D eigenvalue weighted by Gasteiger charge is 2.31. The second-order valence-electron chi connectivity index (χ2n) is 7.02. The van der Waals surface area contributed by atoms with Gasteiger partial charge in [-0.1, -0.05) is 0 Å². The summed E-state index contributed by atoms with van der Waals surface area (Å²) in [5.41, 5.74) is -1.98. The first-order valence-electron chi connectivity index (χ1n) is 9.50. The van der Waals surface area contributed by atoms with Crippen LogP contribution in [0.2, 0.25) is 0 Å². The first kappa shape index (κ1) is 25.0. The number of nitrogens with zero attached hydrogens (tertiary/aromatic N) is 2. The van der Waals surface area contributed by atoms with Crippen molar-refractivity contribution in [1.82, 2.24) is 14.8 Å². The number of nitrogens with one attached hydrogen (secondary N) is 1. The van der Waals surface area contributed by atoms with Gasteiger partial charge in [0.1, 0.15) is 17.2 Å². The van der Waals surface area contributed by atoms with E-state index < -0.39 is 35.7 Å². The van der Waals surface area contributed by atoms with Crippen LogP contribution in [-0.4, -0.2) is 40.6 Å². The highest BCUT2D eigenvalue weighted by molar-refractivity contribution is 9.10. The Morgan fingerprint density at radius 2 is 1.79 bits per heavy atom. The van der Waals surface area contributed by atoms with Crippen LogP contribution in [0.4, 0.5) is 13.2 Å². The molecule has 13 heteroatoms. The number of rotatable bonds is 6. The molecule has 3 rings (SSSR count). The average Bonchev–Trinajstić information content (AvgIpc) is 2.74. The summed E-state index contributed by atoms with van der Waals surface area (Å²) in [6.07, 6.45) is -4.79. The smallest absolute Gasteiger partial charge is 0.422 e. The number of methoxy groups -OCH3 is 1. The van der Waals surface area contributed by atoms with Gasteiger partial charge < -0.3 is 14.2 Å². The Balaban J connectivity index is 1.96. The molecule has 0 saturated carbocycles. The molecule has 1 aromatic heterocycles. The molecule has 1 heterocycles. The molecular weight excluding hydrogens is 527 g/mol. The predicted octanol–water partition coefficient (Wildman–Crippen LogP) is 3.82. The number of H-pyrrole nitrogens is 1. The Kier molecular flexibility index (Phi) is 7.15. The lowest BCUT2D eigenvalue weighted by Gasteiger charge is -2.15. The van der Waals surface area contributed by atoms with E-state index in [9.17, 15) is 27.6 Å². The van der Waals surface area contributed by atoms with Crippen molar-refractivity contribution in [3.63, 3.8) is 0 Å². The Bertz CT molecular complexity index is 1340. The molecule has 1 N–H and O–H groups in total. The summed E-state index contributed by atoms with van der Waals surface area (Å²) >= 11 is 3.37. The number of aryl methyl sites for hydroxylation is 2. The van der Waals surface area contributed by atoms with E-state index in [4.69, 9.17) is 9.47 Å². The lowest BCUT2D eigenvalue weighted by molar-refractivity contribution is -0.161. The molecule has 0 saturated heterocycles. The molecule has 0 aliphatic heterocycles. The third-order valence-electron chi connectivity index (χ3n) is 4.42. The molecule has 0 radical (unpaired) electrons. The number of alkyl halides is 3. The lowest BCUT2D eigenvalue weighted by Crippen LogP contribution is -2.37. The van der Waals surface area contributed by atoms with Gasteiger partial charge in [0, 0.05) is 0 Å². The minimum absolute atomic E-state index is 0.143. The fourth-order valence-electron chi connectivity index (χ4n) is 2.96. The molecule has 180 valence electrons. The van der Waals surface area contributed by atoms with Crippen molar-refractivity contribution in [1.29, 1.82) is 0 Å². The summed E-state index contributed by atoms with van der Waals surface area (Å²) in [5, 5.41) is 3.63. The van der Waals surface area contributed by atoms with Crippen molar-refractivity contribution in [3.8, 4) is 22.9 Å². The molecule has 0 unspecified atom stereocenters. The van der Waals surface area contributed by atoms with E-state index in [1.807, 2.05) is 4.98 Å². The number of hydrogen-bond acceptors (Lipinski definition) is 7. The normalized spacial score (nSPS) is 11.3. The molecular formula is C21H17BrF3N3O6. The van der Waals surface area contributed by atoms with Crippen LogP contribution in [0.1, 0.15) is 21.6 Å². The van der Waals surface area contributed by atoms with Crippen molar-refractivity contribution in [2.45, 2.75) is 20.0 Å². The van der Waals surface area contributed by atoms with E-state index in [0.717, 1.165) is 0 Å². The molecule has 2 aromatic carbocycles. The minimum atomic E-state index is -4.79. The Hall–Kier alpha value is -3.61. The van der Waals surface area contributed by atoms with Crippen molar-refractivity contribution in [2.75, 3.05) is 13.7 Å². The van der Waals surface area contributed by atoms with Crippen LogP contribution in [0, 0.1) is 13.8 Å². The highest BCUT2D eigenvalue weighted by atomic mass is 79.9. The Morgan fingerprint density at radius 1 is 1.15 bits per heavy atom. The zero-order chi connectivity index (χ0) is 25.2. The zero-order valence-electron chi connectivity index (χ0n) is 17.9. The molecule has 0 atom stereocenters. The van der Waals surface area contributed by atoms with Crippen molar-refractivity contribution < 1.29 is 32.2 Å². The molecule has 0 amide bonds. The maximum atomic E-state index is 12.3. The maximum absolute atomic E-state index is 12.3.